The second-order valence-corrected chi connectivity index (χ2v) is 9.67. The number of amides is 1. The summed E-state index contributed by atoms with van der Waals surface area (Å²) < 4.78 is 29.6. The third-order valence-electron chi connectivity index (χ3n) is 4.45. The predicted molar refractivity (Wildman–Crippen MR) is 104 cm³/mol. The van der Waals surface area contributed by atoms with E-state index >= 15 is 0 Å². The highest BCUT2D eigenvalue weighted by Crippen LogP contribution is 2.33. The van der Waals surface area contributed by atoms with Gasteiger partial charge in [0.25, 0.3) is 5.91 Å². The minimum Gasteiger partial charge on any atom is -0.463 e. The van der Waals surface area contributed by atoms with Gasteiger partial charge < -0.3 is 9.57 Å². The lowest BCUT2D eigenvalue weighted by atomic mass is 10.1. The standard InChI is InChI=1S/C18H17N3O6S2/c22-16(20-18-19-8-10-28-18)15(21-27-14-7-9-26-17(14)23)11-1-3-12(4-2-11)29(24,25)13-5-6-13/h1-4,8,10,13-14H,5-7,9H2,(H,19,20,22)/b21-15+/t14-/m1/s1. The molecule has 2 fully saturated rings. The minimum absolute atomic E-state index is 0.102. The fourth-order valence-corrected chi connectivity index (χ4v) is 4.91. The molecule has 2 aliphatic rings. The maximum atomic E-state index is 12.7. The molecule has 0 radical (unpaired) electrons. The van der Waals surface area contributed by atoms with Crippen molar-refractivity contribution in [2.75, 3.05) is 11.9 Å². The number of thiazole rings is 1. The van der Waals surface area contributed by atoms with Gasteiger partial charge in [-0.3, -0.25) is 10.1 Å². The fourth-order valence-electron chi connectivity index (χ4n) is 2.73. The third kappa shape index (κ3) is 4.30. The molecule has 1 aromatic carbocycles. The summed E-state index contributed by atoms with van der Waals surface area (Å²) in [5.74, 6) is -1.14. The van der Waals surface area contributed by atoms with Gasteiger partial charge in [-0.15, -0.1) is 11.3 Å². The van der Waals surface area contributed by atoms with Crippen LogP contribution < -0.4 is 5.32 Å². The summed E-state index contributed by atoms with van der Waals surface area (Å²) in [4.78, 5) is 33.7. The lowest BCUT2D eigenvalue weighted by Crippen LogP contribution is -2.26. The number of oxime groups is 1. The highest BCUT2D eigenvalue weighted by atomic mass is 32.2. The molecule has 1 saturated carbocycles. The molecule has 1 aliphatic carbocycles. The number of sulfone groups is 1. The lowest BCUT2D eigenvalue weighted by Gasteiger charge is -2.09. The molecule has 1 saturated heterocycles. The van der Waals surface area contributed by atoms with Gasteiger partial charge in [-0.2, -0.15) is 0 Å². The number of hydrogen-bond acceptors (Lipinski definition) is 9. The smallest absolute Gasteiger partial charge is 0.350 e. The van der Waals surface area contributed by atoms with Crippen LogP contribution in [-0.2, 0) is 29.0 Å². The van der Waals surface area contributed by atoms with Gasteiger partial charge in [-0.25, -0.2) is 18.2 Å². The summed E-state index contributed by atoms with van der Waals surface area (Å²) >= 11 is 1.23. The Morgan fingerprint density at radius 2 is 2.00 bits per heavy atom. The number of nitrogens with one attached hydrogen (secondary N) is 1. The highest BCUT2D eigenvalue weighted by Gasteiger charge is 2.37. The van der Waals surface area contributed by atoms with E-state index in [0.717, 1.165) is 0 Å². The van der Waals surface area contributed by atoms with Gasteiger partial charge in [0.05, 0.1) is 16.8 Å². The van der Waals surface area contributed by atoms with E-state index in [1.807, 2.05) is 0 Å². The highest BCUT2D eigenvalue weighted by molar-refractivity contribution is 7.92. The third-order valence-corrected chi connectivity index (χ3v) is 7.41. The quantitative estimate of drug-likeness (QED) is 0.399. The Bertz CT molecular complexity index is 1040. The first kappa shape index (κ1) is 19.5. The van der Waals surface area contributed by atoms with Crippen LogP contribution in [0.15, 0.2) is 45.9 Å². The average molecular weight is 435 g/mol. The van der Waals surface area contributed by atoms with Gasteiger partial charge in [0.15, 0.2) is 20.7 Å². The van der Waals surface area contributed by atoms with E-state index in [1.54, 1.807) is 11.6 Å². The van der Waals surface area contributed by atoms with E-state index in [0.29, 0.717) is 30.0 Å². The number of ether oxygens (including phenoxy) is 1. The predicted octanol–water partition coefficient (Wildman–Crippen LogP) is 1.75. The molecule has 9 nitrogen and oxygen atoms in total. The molecule has 152 valence electrons. The zero-order valence-corrected chi connectivity index (χ0v) is 16.7. The maximum absolute atomic E-state index is 12.7. The van der Waals surface area contributed by atoms with Crippen LogP contribution in [0, 0.1) is 0 Å². The molecule has 0 spiro atoms. The first-order valence-corrected chi connectivity index (χ1v) is 11.3. The molecular weight excluding hydrogens is 418 g/mol. The van der Waals surface area contributed by atoms with Crippen molar-refractivity contribution < 1.29 is 27.6 Å². The first-order valence-electron chi connectivity index (χ1n) is 8.91. The van der Waals surface area contributed by atoms with Crippen molar-refractivity contribution in [1.82, 2.24) is 4.98 Å². The number of benzene rings is 1. The van der Waals surface area contributed by atoms with Gasteiger partial charge in [0, 0.05) is 23.6 Å². The van der Waals surface area contributed by atoms with E-state index < -0.39 is 27.8 Å². The van der Waals surface area contributed by atoms with E-state index in [1.165, 1.54) is 35.6 Å². The number of esters is 1. The molecule has 1 atom stereocenters. The van der Waals surface area contributed by atoms with Crippen molar-refractivity contribution in [3.05, 3.63) is 41.4 Å². The summed E-state index contributed by atoms with van der Waals surface area (Å²) in [6.07, 6.45) is 2.32. The normalized spacial score (nSPS) is 19.7. The number of cyclic esters (lactones) is 1. The number of carbonyl (C=O) groups is 2. The Morgan fingerprint density at radius 3 is 2.59 bits per heavy atom. The Hall–Kier alpha value is -2.79. The monoisotopic (exact) mass is 435 g/mol. The molecule has 2 heterocycles. The van der Waals surface area contributed by atoms with Gasteiger partial charge in [0.2, 0.25) is 6.10 Å². The molecule has 4 rings (SSSR count). The molecular formula is C18H17N3O6S2. The molecule has 1 aliphatic heterocycles. The molecule has 0 bridgehead atoms. The van der Waals surface area contributed by atoms with Crippen molar-refractivity contribution in [2.45, 2.75) is 35.5 Å². The molecule has 1 N–H and O–H groups in total. The topological polar surface area (TPSA) is 124 Å². The Labute approximate surface area is 170 Å². The minimum atomic E-state index is -3.34. The van der Waals surface area contributed by atoms with Crippen molar-refractivity contribution in [3.8, 4) is 0 Å². The summed E-state index contributed by atoms with van der Waals surface area (Å²) in [6.45, 7) is 0.230. The molecule has 0 unspecified atom stereocenters. The summed E-state index contributed by atoms with van der Waals surface area (Å²) in [5, 5.41) is 8.23. The van der Waals surface area contributed by atoms with E-state index in [4.69, 9.17) is 9.57 Å². The van der Waals surface area contributed by atoms with Gasteiger partial charge in [-0.05, 0) is 25.0 Å². The zero-order chi connectivity index (χ0) is 20.4. The van der Waals surface area contributed by atoms with Crippen LogP contribution in [-0.4, -0.2) is 49.0 Å². The zero-order valence-electron chi connectivity index (χ0n) is 15.1. The van der Waals surface area contributed by atoms with Gasteiger partial charge in [0.1, 0.15) is 0 Å². The number of anilines is 1. The average Bonchev–Trinajstić information content (AvgIpc) is 3.32. The molecule has 11 heteroatoms. The summed E-state index contributed by atoms with van der Waals surface area (Å²) in [5.41, 5.74) is 0.246. The Balaban J connectivity index is 1.60. The van der Waals surface area contributed by atoms with Crippen molar-refractivity contribution in [1.29, 1.82) is 0 Å². The molecule has 1 aromatic heterocycles. The van der Waals surface area contributed by atoms with Gasteiger partial charge in [-0.1, -0.05) is 17.3 Å². The number of rotatable bonds is 7. The van der Waals surface area contributed by atoms with E-state index in [9.17, 15) is 18.0 Å². The Morgan fingerprint density at radius 1 is 1.24 bits per heavy atom. The van der Waals surface area contributed by atoms with E-state index in [-0.39, 0.29) is 22.5 Å². The van der Waals surface area contributed by atoms with Crippen molar-refractivity contribution in [3.63, 3.8) is 0 Å². The van der Waals surface area contributed by atoms with Crippen LogP contribution in [0.3, 0.4) is 0 Å². The maximum Gasteiger partial charge on any atom is 0.350 e. The number of hydrogen-bond donors (Lipinski definition) is 1. The van der Waals surface area contributed by atoms with Crippen LogP contribution in [0.25, 0.3) is 0 Å². The number of aromatic nitrogens is 1. The fraction of sp³-hybridized carbons (Fsp3) is 0.333. The van der Waals surface area contributed by atoms with Crippen molar-refractivity contribution >= 4 is 43.9 Å². The van der Waals surface area contributed by atoms with Crippen LogP contribution in [0.1, 0.15) is 24.8 Å². The summed E-state index contributed by atoms with van der Waals surface area (Å²) in [6, 6.07) is 5.87. The summed E-state index contributed by atoms with van der Waals surface area (Å²) in [7, 11) is -3.34. The second kappa shape index (κ2) is 7.91. The number of nitrogens with zero attached hydrogens (tertiary/aromatic N) is 2. The van der Waals surface area contributed by atoms with Crippen molar-refractivity contribution in [2.24, 2.45) is 5.16 Å². The molecule has 29 heavy (non-hydrogen) atoms. The van der Waals surface area contributed by atoms with Crippen LogP contribution in [0.2, 0.25) is 0 Å². The number of carbonyl (C=O) groups excluding carboxylic acids is 2. The SMILES string of the molecule is O=C(Nc1nccs1)/C(=N/O[C@@H]1CCOC1=O)c1ccc(S(=O)(=O)C2CC2)cc1. The van der Waals surface area contributed by atoms with Crippen LogP contribution in [0.4, 0.5) is 5.13 Å². The lowest BCUT2D eigenvalue weighted by molar-refractivity contribution is -0.147. The largest absolute Gasteiger partial charge is 0.463 e. The van der Waals surface area contributed by atoms with Crippen LogP contribution in [0.5, 0.6) is 0 Å². The molecule has 2 aromatic rings. The first-order chi connectivity index (χ1) is 13.9. The second-order valence-electron chi connectivity index (χ2n) is 6.55. The van der Waals surface area contributed by atoms with E-state index in [2.05, 4.69) is 15.5 Å². The van der Waals surface area contributed by atoms with Gasteiger partial charge >= 0.3 is 5.97 Å². The van der Waals surface area contributed by atoms with Crippen LogP contribution >= 0.6 is 11.3 Å². The molecule has 1 amide bonds. The Kier molecular flexibility index (Phi) is 5.33.